The number of hydrogen-bond donors (Lipinski definition) is 3. The van der Waals surface area contributed by atoms with Gasteiger partial charge in [-0.3, -0.25) is 15.0 Å². The van der Waals surface area contributed by atoms with E-state index in [0.717, 1.165) is 42.6 Å². The summed E-state index contributed by atoms with van der Waals surface area (Å²) in [6.45, 7) is 0.0592. The normalized spacial score (nSPS) is 13.8. The third kappa shape index (κ3) is 6.97. The number of guanidine groups is 1. The Kier molecular flexibility index (Phi) is 8.81. The second-order valence-electron chi connectivity index (χ2n) is 9.96. The van der Waals surface area contributed by atoms with Crippen molar-refractivity contribution in [2.45, 2.75) is 38.4 Å². The van der Waals surface area contributed by atoms with Crippen molar-refractivity contribution >= 4 is 55.8 Å². The largest absolute Gasteiger partial charge is 0.419 e. The Balaban J connectivity index is 1.43. The van der Waals surface area contributed by atoms with E-state index in [0.29, 0.717) is 23.4 Å². The van der Waals surface area contributed by atoms with Gasteiger partial charge < -0.3 is 5.73 Å². The maximum absolute atomic E-state index is 14.1. The van der Waals surface area contributed by atoms with Gasteiger partial charge in [0.1, 0.15) is 5.82 Å². The number of nitrogens with one attached hydrogen (secondary N) is 1. The summed E-state index contributed by atoms with van der Waals surface area (Å²) >= 11 is 0.796. The first kappa shape index (κ1) is 30.5. The van der Waals surface area contributed by atoms with E-state index in [1.807, 2.05) is 12.1 Å². The number of carbonyl (C=O) groups excluding carboxylic acids is 2. The molecule has 0 radical (unpaired) electrons. The maximum atomic E-state index is 14.1. The monoisotopic (exact) mass is 624 g/mol. The van der Waals surface area contributed by atoms with E-state index in [9.17, 15) is 27.2 Å². The predicted molar refractivity (Wildman–Crippen MR) is 159 cm³/mol. The number of benzene rings is 3. The maximum Gasteiger partial charge on any atom is 0.419 e. The minimum Gasteiger partial charge on any atom is -0.363 e. The quantitative estimate of drug-likeness (QED) is 0.100. The molecule has 1 aliphatic carbocycles. The number of allylic oxidation sites excluding steroid dienone is 2. The first-order chi connectivity index (χ1) is 21.0. The first-order valence-corrected chi connectivity index (χ1v) is 14.3. The summed E-state index contributed by atoms with van der Waals surface area (Å²) in [5.41, 5.74) is 12.7. The zero-order valence-electron chi connectivity index (χ0n) is 23.1. The van der Waals surface area contributed by atoms with Crippen molar-refractivity contribution in [1.82, 2.24) is 4.98 Å². The molecule has 0 saturated heterocycles. The number of aliphatic imine (C=N–C) groups is 1. The molecule has 3 amide bonds. The molecule has 1 aromatic heterocycles. The summed E-state index contributed by atoms with van der Waals surface area (Å²) in [6, 6.07) is 14.5. The zero-order chi connectivity index (χ0) is 31.4. The molecular weight excluding hydrogens is 598 g/mol. The Bertz CT molecular complexity index is 1780. The number of alkyl halides is 3. The number of fused-ring (bicyclic) bond motifs is 1. The van der Waals surface area contributed by atoms with E-state index in [1.165, 1.54) is 22.6 Å². The molecule has 0 atom stereocenters. The highest BCUT2D eigenvalue weighted by atomic mass is 32.1. The van der Waals surface area contributed by atoms with Crippen LogP contribution in [0.4, 0.5) is 33.2 Å². The number of anilines is 2. The van der Waals surface area contributed by atoms with Gasteiger partial charge in [-0.05, 0) is 72.7 Å². The topological polar surface area (TPSA) is 139 Å². The van der Waals surface area contributed by atoms with Crippen LogP contribution in [0.3, 0.4) is 0 Å². The molecule has 0 spiro atoms. The molecule has 226 valence electrons. The standard InChI is InChI=1S/C30H25F4N7O2S/c31-23-15-24-25(14-22(23)30(32,33)34)44-28(37-24)39-29(43)41(21-12-10-19(11-13-21)18-4-2-1-3-5-18)16-17-6-8-20(9-7-17)26(42)38-27(35)40-36/h4,6-15,36H,1-3,5,16H2,(H2,35,38,42)(H,37,39,43)/p+1. The van der Waals surface area contributed by atoms with Crippen molar-refractivity contribution in [3.63, 3.8) is 0 Å². The van der Waals surface area contributed by atoms with Crippen LogP contribution in [0.5, 0.6) is 0 Å². The molecule has 4 aromatic rings. The molecule has 0 unspecified atom stereocenters. The minimum absolute atomic E-state index is 0.000538. The second kappa shape index (κ2) is 12.7. The lowest BCUT2D eigenvalue weighted by Crippen LogP contribution is -2.34. The number of thiazole rings is 1. The lowest BCUT2D eigenvalue weighted by atomic mass is 9.93. The van der Waals surface area contributed by atoms with Crippen molar-refractivity contribution in [1.29, 1.82) is 0 Å². The van der Waals surface area contributed by atoms with Crippen LogP contribution in [-0.2, 0) is 12.7 Å². The third-order valence-electron chi connectivity index (χ3n) is 6.97. The third-order valence-corrected chi connectivity index (χ3v) is 7.91. The molecule has 44 heavy (non-hydrogen) atoms. The van der Waals surface area contributed by atoms with Gasteiger partial charge in [-0.25, -0.2) is 14.2 Å². The summed E-state index contributed by atoms with van der Waals surface area (Å²) in [4.78, 5) is 35.0. The van der Waals surface area contributed by atoms with Crippen molar-refractivity contribution in [3.05, 3.63) is 94.8 Å². The number of aromatic nitrogens is 1. The van der Waals surface area contributed by atoms with Crippen LogP contribution >= 0.6 is 11.3 Å². The highest BCUT2D eigenvalue weighted by Crippen LogP contribution is 2.37. The smallest absolute Gasteiger partial charge is 0.363 e. The Hall–Kier alpha value is -4.98. The Morgan fingerprint density at radius 2 is 1.80 bits per heavy atom. The van der Waals surface area contributed by atoms with Gasteiger partial charge >= 0.3 is 12.2 Å². The van der Waals surface area contributed by atoms with Gasteiger partial charge in [-0.1, -0.05) is 41.7 Å². The van der Waals surface area contributed by atoms with Crippen molar-refractivity contribution in [3.8, 4) is 0 Å². The molecule has 14 heteroatoms. The van der Waals surface area contributed by atoms with Crippen LogP contribution in [0.2, 0.25) is 0 Å². The molecule has 3 aromatic carbocycles. The van der Waals surface area contributed by atoms with Gasteiger partial charge in [0.15, 0.2) is 5.13 Å². The van der Waals surface area contributed by atoms with E-state index in [4.69, 9.17) is 11.3 Å². The number of amides is 3. The molecular formula is C30H26F4N7O2S+. The lowest BCUT2D eigenvalue weighted by Gasteiger charge is -2.23. The average molecular weight is 625 g/mol. The van der Waals surface area contributed by atoms with Crippen LogP contribution in [0, 0.1) is 5.82 Å². The summed E-state index contributed by atoms with van der Waals surface area (Å²) in [5.74, 6) is -2.47. The van der Waals surface area contributed by atoms with Crippen LogP contribution in [-0.4, -0.2) is 22.9 Å². The highest BCUT2D eigenvalue weighted by Gasteiger charge is 2.35. The fourth-order valence-corrected chi connectivity index (χ4v) is 5.62. The number of halogens is 4. The summed E-state index contributed by atoms with van der Waals surface area (Å²) in [7, 11) is 0. The fraction of sp³-hybridized carbons (Fsp3) is 0.200. The van der Waals surface area contributed by atoms with Gasteiger partial charge in [0.2, 0.25) is 0 Å². The molecule has 5 rings (SSSR count). The number of nitrogens with two attached hydrogens (primary N) is 2. The number of urea groups is 1. The van der Waals surface area contributed by atoms with E-state index in [-0.39, 0.29) is 33.4 Å². The Labute approximate surface area is 252 Å². The van der Waals surface area contributed by atoms with Crippen LogP contribution < -0.4 is 21.5 Å². The van der Waals surface area contributed by atoms with Crippen LogP contribution in [0.15, 0.2) is 76.8 Å². The van der Waals surface area contributed by atoms with Crippen molar-refractivity contribution < 1.29 is 32.7 Å². The minimum atomic E-state index is -4.87. The van der Waals surface area contributed by atoms with Gasteiger partial charge in [-0.15, -0.1) is 5.53 Å². The van der Waals surface area contributed by atoms with Gasteiger partial charge in [0, 0.05) is 22.4 Å². The zero-order valence-corrected chi connectivity index (χ0v) is 23.9. The van der Waals surface area contributed by atoms with Gasteiger partial charge in [-0.2, -0.15) is 18.2 Å². The Morgan fingerprint density at radius 1 is 1.07 bits per heavy atom. The van der Waals surface area contributed by atoms with Crippen molar-refractivity contribution in [2.75, 3.05) is 10.2 Å². The lowest BCUT2D eigenvalue weighted by molar-refractivity contribution is -0.207. The number of hydrogen-bond acceptors (Lipinski definition) is 4. The number of rotatable bonds is 6. The first-order valence-electron chi connectivity index (χ1n) is 13.5. The SMILES string of the molecule is NC(N=[NH2+])=NC(=O)c1ccc(CN(C(=O)Nc2nc3cc(F)c(C(F)(F)F)cc3s2)c2ccc(C3=CCCCC3)cc2)cc1. The molecule has 1 heterocycles. The van der Waals surface area contributed by atoms with Crippen LogP contribution in [0.1, 0.15) is 52.7 Å². The van der Waals surface area contributed by atoms with E-state index in [2.05, 4.69) is 26.5 Å². The highest BCUT2D eigenvalue weighted by molar-refractivity contribution is 7.22. The molecule has 0 bridgehead atoms. The number of nitrogens with zero attached hydrogens (tertiary/aromatic N) is 4. The number of carbonyl (C=O) groups is 2. The predicted octanol–water partition coefficient (Wildman–Crippen LogP) is 6.32. The van der Waals surface area contributed by atoms with Gasteiger partial charge in [0.05, 0.1) is 22.3 Å². The van der Waals surface area contributed by atoms with E-state index in [1.54, 1.807) is 24.3 Å². The Morgan fingerprint density at radius 3 is 2.43 bits per heavy atom. The van der Waals surface area contributed by atoms with Crippen molar-refractivity contribution in [2.24, 2.45) is 15.8 Å². The molecule has 0 saturated carbocycles. The second-order valence-corrected chi connectivity index (χ2v) is 11.0. The molecule has 0 fully saturated rings. The van der Waals surface area contributed by atoms with Crippen LogP contribution in [0.25, 0.3) is 15.8 Å². The average Bonchev–Trinajstić information content (AvgIpc) is 3.40. The summed E-state index contributed by atoms with van der Waals surface area (Å²) in [6.07, 6.45) is 1.58. The fourth-order valence-electron chi connectivity index (χ4n) is 4.75. The van der Waals surface area contributed by atoms with E-state index >= 15 is 0 Å². The molecule has 0 aliphatic heterocycles. The molecule has 9 nitrogen and oxygen atoms in total. The van der Waals surface area contributed by atoms with E-state index < -0.39 is 29.5 Å². The molecule has 5 N–H and O–H groups in total. The van der Waals surface area contributed by atoms with Gasteiger partial charge in [0.25, 0.3) is 11.9 Å². The molecule has 1 aliphatic rings. The summed E-state index contributed by atoms with van der Waals surface area (Å²) < 4.78 is 53.8. The summed E-state index contributed by atoms with van der Waals surface area (Å²) in [5, 5.41) is 5.78.